The maximum absolute atomic E-state index is 11.9. The van der Waals surface area contributed by atoms with Gasteiger partial charge in [0.1, 0.15) is 5.75 Å². The minimum absolute atomic E-state index is 0.183. The molecule has 0 aliphatic rings. The molecule has 1 heterocycles. The lowest BCUT2D eigenvalue weighted by Gasteiger charge is -2.09. The van der Waals surface area contributed by atoms with E-state index in [2.05, 4.69) is 20.6 Å². The Morgan fingerprint density at radius 2 is 2.00 bits per heavy atom. The summed E-state index contributed by atoms with van der Waals surface area (Å²) in [5.41, 5.74) is 1.15. The molecule has 2 rings (SSSR count). The van der Waals surface area contributed by atoms with Gasteiger partial charge < -0.3 is 15.4 Å². The van der Waals surface area contributed by atoms with E-state index in [1.54, 1.807) is 25.3 Å². The van der Waals surface area contributed by atoms with E-state index >= 15 is 0 Å². The number of aromatic nitrogens is 2. The average Bonchev–Trinajstić information content (AvgIpc) is 2.53. The van der Waals surface area contributed by atoms with Gasteiger partial charge in [0.25, 0.3) is 5.91 Å². The number of halogens is 1. The smallest absolute Gasteiger partial charge is 0.254 e. The van der Waals surface area contributed by atoms with Crippen molar-refractivity contribution in [3.8, 4) is 5.75 Å². The summed E-state index contributed by atoms with van der Waals surface area (Å²) in [6, 6.07) is 5.27. The zero-order valence-electron chi connectivity index (χ0n) is 13.3. The van der Waals surface area contributed by atoms with Crippen LogP contribution in [0, 0.1) is 5.92 Å². The van der Waals surface area contributed by atoms with Gasteiger partial charge in [-0.25, -0.2) is 9.97 Å². The first-order chi connectivity index (χ1) is 11.0. The van der Waals surface area contributed by atoms with E-state index in [0.717, 1.165) is 5.69 Å². The third-order valence-electron chi connectivity index (χ3n) is 2.99. The molecule has 2 N–H and O–H groups in total. The Morgan fingerprint density at radius 1 is 1.30 bits per heavy atom. The third-order valence-corrected chi connectivity index (χ3v) is 3.29. The largest absolute Gasteiger partial charge is 0.495 e. The minimum atomic E-state index is -0.183. The van der Waals surface area contributed by atoms with Crippen molar-refractivity contribution in [2.75, 3.05) is 19.0 Å². The van der Waals surface area contributed by atoms with Crippen molar-refractivity contribution < 1.29 is 9.53 Å². The highest BCUT2D eigenvalue weighted by molar-refractivity contribution is 6.32. The minimum Gasteiger partial charge on any atom is -0.495 e. The number of amides is 1. The molecule has 0 spiro atoms. The highest BCUT2D eigenvalue weighted by atomic mass is 35.5. The number of benzene rings is 1. The Balaban J connectivity index is 2.02. The Kier molecular flexibility index (Phi) is 5.76. The predicted octanol–water partition coefficient (Wildman–Crippen LogP) is 3.27. The molecule has 0 fully saturated rings. The molecule has 0 unspecified atom stereocenters. The van der Waals surface area contributed by atoms with Gasteiger partial charge >= 0.3 is 0 Å². The van der Waals surface area contributed by atoms with Gasteiger partial charge in [0.05, 0.1) is 17.7 Å². The summed E-state index contributed by atoms with van der Waals surface area (Å²) < 4.78 is 5.10. The van der Waals surface area contributed by atoms with Crippen LogP contribution in [0.3, 0.4) is 0 Å². The van der Waals surface area contributed by atoms with E-state index in [-0.39, 0.29) is 5.91 Å². The molecule has 6 nitrogen and oxygen atoms in total. The van der Waals surface area contributed by atoms with Crippen LogP contribution in [0.1, 0.15) is 24.2 Å². The molecule has 7 heteroatoms. The first-order valence-electron chi connectivity index (χ1n) is 7.20. The molecule has 0 radical (unpaired) electrons. The van der Waals surface area contributed by atoms with E-state index in [0.29, 0.717) is 34.7 Å². The number of ether oxygens (including phenoxy) is 1. The summed E-state index contributed by atoms with van der Waals surface area (Å²) >= 11 is 6.06. The topological polar surface area (TPSA) is 76.1 Å². The number of hydrogen-bond acceptors (Lipinski definition) is 5. The van der Waals surface area contributed by atoms with Crippen LogP contribution in [0.5, 0.6) is 5.75 Å². The zero-order chi connectivity index (χ0) is 16.8. The molecular formula is C16H19ClN4O2. The maximum atomic E-state index is 11.9. The van der Waals surface area contributed by atoms with Gasteiger partial charge in [-0.3, -0.25) is 4.79 Å². The molecule has 0 aliphatic heterocycles. The molecule has 0 saturated carbocycles. The summed E-state index contributed by atoms with van der Waals surface area (Å²) in [5, 5.41) is 6.32. The Labute approximate surface area is 140 Å². The lowest BCUT2D eigenvalue weighted by atomic mass is 10.2. The average molecular weight is 335 g/mol. The van der Waals surface area contributed by atoms with Gasteiger partial charge in [0, 0.05) is 24.6 Å². The molecule has 0 atom stereocenters. The molecule has 122 valence electrons. The molecule has 23 heavy (non-hydrogen) atoms. The number of rotatable bonds is 6. The number of nitrogens with zero attached hydrogens (tertiary/aromatic N) is 2. The van der Waals surface area contributed by atoms with Crippen LogP contribution in [-0.2, 0) is 0 Å². The van der Waals surface area contributed by atoms with Crippen molar-refractivity contribution in [1.82, 2.24) is 15.3 Å². The fraction of sp³-hybridized carbons (Fsp3) is 0.312. The summed E-state index contributed by atoms with van der Waals surface area (Å²) in [6.07, 6.45) is 2.96. The number of methoxy groups -OCH3 is 1. The number of anilines is 2. The highest BCUT2D eigenvalue weighted by Gasteiger charge is 2.08. The van der Waals surface area contributed by atoms with E-state index in [9.17, 15) is 4.79 Å². The van der Waals surface area contributed by atoms with Crippen LogP contribution >= 0.6 is 11.6 Å². The molecule has 1 aromatic carbocycles. The van der Waals surface area contributed by atoms with Crippen LogP contribution in [-0.4, -0.2) is 29.5 Å². The number of carbonyl (C=O) groups excluding carboxylic acids is 1. The number of carbonyl (C=O) groups is 1. The van der Waals surface area contributed by atoms with Crippen LogP contribution < -0.4 is 15.4 Å². The summed E-state index contributed by atoms with van der Waals surface area (Å²) in [5.74, 6) is 1.18. The zero-order valence-corrected chi connectivity index (χ0v) is 14.0. The van der Waals surface area contributed by atoms with Crippen LogP contribution in [0.25, 0.3) is 0 Å². The first-order valence-corrected chi connectivity index (χ1v) is 7.58. The maximum Gasteiger partial charge on any atom is 0.254 e. The van der Waals surface area contributed by atoms with Gasteiger partial charge in [-0.05, 0) is 24.1 Å². The summed E-state index contributed by atoms with van der Waals surface area (Å²) in [6.45, 7) is 4.68. The first kappa shape index (κ1) is 17.0. The van der Waals surface area contributed by atoms with E-state index in [4.69, 9.17) is 16.3 Å². The molecular weight excluding hydrogens is 316 g/mol. The van der Waals surface area contributed by atoms with Crippen molar-refractivity contribution in [2.45, 2.75) is 13.8 Å². The molecule has 0 aliphatic carbocycles. The standard InChI is InChI=1S/C16H19ClN4O2/c1-10(2)7-18-15(22)11-8-19-16(20-9-11)21-12-4-5-14(23-3)13(17)6-12/h4-6,8-10H,7H2,1-3H3,(H,18,22)(H,19,20,21). The third kappa shape index (κ3) is 4.82. The van der Waals surface area contributed by atoms with E-state index in [1.165, 1.54) is 12.4 Å². The number of hydrogen-bond donors (Lipinski definition) is 2. The van der Waals surface area contributed by atoms with Crippen LogP contribution in [0.4, 0.5) is 11.6 Å². The highest BCUT2D eigenvalue weighted by Crippen LogP contribution is 2.28. The quantitative estimate of drug-likeness (QED) is 0.848. The monoisotopic (exact) mass is 334 g/mol. The normalized spacial score (nSPS) is 10.5. The van der Waals surface area contributed by atoms with Gasteiger partial charge in [-0.15, -0.1) is 0 Å². The van der Waals surface area contributed by atoms with Gasteiger partial charge in [0.15, 0.2) is 0 Å². The predicted molar refractivity (Wildman–Crippen MR) is 90.5 cm³/mol. The van der Waals surface area contributed by atoms with Crippen molar-refractivity contribution in [3.63, 3.8) is 0 Å². The number of nitrogens with one attached hydrogen (secondary N) is 2. The van der Waals surface area contributed by atoms with Gasteiger partial charge in [-0.1, -0.05) is 25.4 Å². The van der Waals surface area contributed by atoms with E-state index in [1.807, 2.05) is 13.8 Å². The van der Waals surface area contributed by atoms with Gasteiger partial charge in [0.2, 0.25) is 5.95 Å². The second-order valence-corrected chi connectivity index (χ2v) is 5.78. The molecule has 1 amide bonds. The van der Waals surface area contributed by atoms with Crippen LogP contribution in [0.2, 0.25) is 5.02 Å². The summed E-state index contributed by atoms with van der Waals surface area (Å²) in [7, 11) is 1.56. The van der Waals surface area contributed by atoms with Crippen molar-refractivity contribution >= 4 is 29.1 Å². The van der Waals surface area contributed by atoms with Crippen molar-refractivity contribution in [2.24, 2.45) is 5.92 Å². The molecule has 2 aromatic rings. The lowest BCUT2D eigenvalue weighted by Crippen LogP contribution is -2.27. The second-order valence-electron chi connectivity index (χ2n) is 5.37. The second kappa shape index (κ2) is 7.78. The van der Waals surface area contributed by atoms with Crippen LogP contribution in [0.15, 0.2) is 30.6 Å². The SMILES string of the molecule is COc1ccc(Nc2ncc(C(=O)NCC(C)C)cn2)cc1Cl. The fourth-order valence-electron chi connectivity index (χ4n) is 1.78. The Bertz CT molecular complexity index is 674. The molecule has 0 saturated heterocycles. The lowest BCUT2D eigenvalue weighted by molar-refractivity contribution is 0.0948. The Morgan fingerprint density at radius 3 is 2.57 bits per heavy atom. The van der Waals surface area contributed by atoms with E-state index < -0.39 is 0 Å². The van der Waals surface area contributed by atoms with Gasteiger partial charge in [-0.2, -0.15) is 0 Å². The fourth-order valence-corrected chi connectivity index (χ4v) is 2.04. The summed E-state index contributed by atoms with van der Waals surface area (Å²) in [4.78, 5) is 20.2. The molecule has 0 bridgehead atoms. The van der Waals surface area contributed by atoms with Crippen molar-refractivity contribution in [1.29, 1.82) is 0 Å². The van der Waals surface area contributed by atoms with Crippen molar-refractivity contribution in [3.05, 3.63) is 41.2 Å². The molecule has 1 aromatic heterocycles. The Hall–Kier alpha value is -2.34.